The van der Waals surface area contributed by atoms with Crippen molar-refractivity contribution in [2.45, 2.75) is 32.1 Å². The summed E-state index contributed by atoms with van der Waals surface area (Å²) in [5.74, 6) is 0.906. The van der Waals surface area contributed by atoms with Crippen molar-refractivity contribution in [2.75, 3.05) is 26.3 Å². The largest absolute Gasteiger partial charge is 0.419 e. The van der Waals surface area contributed by atoms with E-state index in [4.69, 9.17) is 13.9 Å². The first-order chi connectivity index (χ1) is 11.2. The van der Waals surface area contributed by atoms with Crippen molar-refractivity contribution in [3.63, 3.8) is 0 Å². The average Bonchev–Trinajstić information content (AvgIpc) is 3.20. The lowest BCUT2D eigenvalue weighted by atomic mass is 10.0. The fraction of sp³-hybridized carbons (Fsp3) is 0.529. The van der Waals surface area contributed by atoms with Crippen LogP contribution in [-0.2, 0) is 16.0 Å². The van der Waals surface area contributed by atoms with Crippen molar-refractivity contribution in [3.05, 3.63) is 35.7 Å². The summed E-state index contributed by atoms with van der Waals surface area (Å²) in [6.07, 6.45) is 1.79. The van der Waals surface area contributed by atoms with Gasteiger partial charge >= 0.3 is 0 Å². The maximum absolute atomic E-state index is 5.82. The Bertz CT molecular complexity index is 669. The second-order valence-corrected chi connectivity index (χ2v) is 6.25. The van der Waals surface area contributed by atoms with Crippen LogP contribution in [0.2, 0.25) is 0 Å². The van der Waals surface area contributed by atoms with Gasteiger partial charge in [0.25, 0.3) is 0 Å². The van der Waals surface area contributed by atoms with Gasteiger partial charge in [-0.1, -0.05) is 17.7 Å². The molecular weight excluding hydrogens is 294 g/mol. The number of piperidine rings is 1. The van der Waals surface area contributed by atoms with E-state index in [1.807, 2.05) is 12.1 Å². The molecule has 2 fully saturated rings. The maximum Gasteiger partial charge on any atom is 0.247 e. The molecule has 2 aromatic rings. The zero-order chi connectivity index (χ0) is 15.7. The van der Waals surface area contributed by atoms with Crippen molar-refractivity contribution < 1.29 is 13.9 Å². The van der Waals surface area contributed by atoms with Crippen LogP contribution in [0, 0.1) is 6.92 Å². The molecule has 0 radical (unpaired) electrons. The zero-order valence-corrected chi connectivity index (χ0v) is 13.3. The van der Waals surface area contributed by atoms with Crippen LogP contribution in [0.15, 0.2) is 28.7 Å². The molecule has 2 aliphatic heterocycles. The van der Waals surface area contributed by atoms with Gasteiger partial charge in [0.1, 0.15) is 0 Å². The second-order valence-electron chi connectivity index (χ2n) is 6.25. The summed E-state index contributed by atoms with van der Waals surface area (Å²) in [4.78, 5) is 2.31. The first-order valence-electron chi connectivity index (χ1n) is 8.12. The zero-order valence-electron chi connectivity index (χ0n) is 13.3. The molecule has 0 unspecified atom stereocenters. The van der Waals surface area contributed by atoms with Crippen LogP contribution >= 0.6 is 0 Å². The molecular formula is C17H21N3O3. The standard InChI is InChI=1S/C17H21N3O3/c1-13-3-2-4-14(11-13)16-19-18-15(23-16)12-20-7-5-17(6-8-20)21-9-10-22-17/h2-4,11H,5-10,12H2,1H3. The molecule has 0 N–H and O–H groups in total. The molecule has 1 aromatic heterocycles. The molecule has 2 saturated heterocycles. The third-order valence-corrected chi connectivity index (χ3v) is 4.52. The van der Waals surface area contributed by atoms with E-state index in [-0.39, 0.29) is 5.79 Å². The van der Waals surface area contributed by atoms with Gasteiger partial charge in [-0.3, -0.25) is 4.90 Å². The highest BCUT2D eigenvalue weighted by Crippen LogP contribution is 2.31. The Kier molecular flexibility index (Phi) is 3.88. The Balaban J connectivity index is 1.39. The number of likely N-dealkylation sites (tertiary alicyclic amines) is 1. The van der Waals surface area contributed by atoms with Crippen LogP contribution in [-0.4, -0.2) is 47.2 Å². The van der Waals surface area contributed by atoms with Crippen molar-refractivity contribution in [1.82, 2.24) is 15.1 Å². The Morgan fingerprint density at radius 3 is 2.65 bits per heavy atom. The van der Waals surface area contributed by atoms with E-state index >= 15 is 0 Å². The van der Waals surface area contributed by atoms with Gasteiger partial charge in [-0.25, -0.2) is 0 Å². The van der Waals surface area contributed by atoms with Crippen LogP contribution in [0.25, 0.3) is 11.5 Å². The fourth-order valence-electron chi connectivity index (χ4n) is 3.24. The number of benzene rings is 1. The van der Waals surface area contributed by atoms with Crippen molar-refractivity contribution in [1.29, 1.82) is 0 Å². The van der Waals surface area contributed by atoms with E-state index in [0.29, 0.717) is 31.5 Å². The lowest BCUT2D eigenvalue weighted by Gasteiger charge is -2.36. The summed E-state index contributed by atoms with van der Waals surface area (Å²) in [5.41, 5.74) is 2.15. The van der Waals surface area contributed by atoms with E-state index in [1.165, 1.54) is 5.56 Å². The summed E-state index contributed by atoms with van der Waals surface area (Å²) in [6, 6.07) is 8.10. The summed E-state index contributed by atoms with van der Waals surface area (Å²) in [7, 11) is 0. The molecule has 4 rings (SSSR count). The minimum atomic E-state index is -0.335. The average molecular weight is 315 g/mol. The smallest absolute Gasteiger partial charge is 0.247 e. The molecule has 0 bridgehead atoms. The molecule has 0 saturated carbocycles. The number of hydrogen-bond donors (Lipinski definition) is 0. The van der Waals surface area contributed by atoms with Gasteiger partial charge < -0.3 is 13.9 Å². The molecule has 0 atom stereocenters. The highest BCUT2D eigenvalue weighted by atomic mass is 16.7. The summed E-state index contributed by atoms with van der Waals surface area (Å²) >= 11 is 0. The van der Waals surface area contributed by atoms with Gasteiger partial charge in [-0.15, -0.1) is 10.2 Å². The van der Waals surface area contributed by atoms with Gasteiger partial charge in [-0.05, 0) is 19.1 Å². The first-order valence-corrected chi connectivity index (χ1v) is 8.12. The molecule has 0 amide bonds. The number of rotatable bonds is 3. The van der Waals surface area contributed by atoms with E-state index in [2.05, 4.69) is 34.2 Å². The Morgan fingerprint density at radius 1 is 1.13 bits per heavy atom. The van der Waals surface area contributed by atoms with Crippen LogP contribution in [0.5, 0.6) is 0 Å². The van der Waals surface area contributed by atoms with Gasteiger partial charge in [0, 0.05) is 31.5 Å². The highest BCUT2D eigenvalue weighted by molar-refractivity contribution is 5.53. The minimum Gasteiger partial charge on any atom is -0.419 e. The lowest BCUT2D eigenvalue weighted by molar-refractivity contribution is -0.186. The Morgan fingerprint density at radius 2 is 1.91 bits per heavy atom. The third kappa shape index (κ3) is 3.15. The monoisotopic (exact) mass is 315 g/mol. The fourth-order valence-corrected chi connectivity index (χ4v) is 3.24. The van der Waals surface area contributed by atoms with Crippen molar-refractivity contribution in [2.24, 2.45) is 0 Å². The lowest BCUT2D eigenvalue weighted by Crippen LogP contribution is -2.44. The Labute approximate surface area is 135 Å². The number of nitrogens with zero attached hydrogens (tertiary/aromatic N) is 3. The summed E-state index contributed by atoms with van der Waals surface area (Å²) < 4.78 is 17.3. The van der Waals surface area contributed by atoms with Crippen LogP contribution in [0.4, 0.5) is 0 Å². The predicted molar refractivity (Wildman–Crippen MR) is 83.6 cm³/mol. The SMILES string of the molecule is Cc1cccc(-c2nnc(CN3CCC4(CC3)OCCO4)o2)c1. The summed E-state index contributed by atoms with van der Waals surface area (Å²) in [5, 5.41) is 8.36. The minimum absolute atomic E-state index is 0.335. The van der Waals surface area contributed by atoms with Crippen LogP contribution in [0.3, 0.4) is 0 Å². The van der Waals surface area contributed by atoms with Crippen molar-refractivity contribution in [3.8, 4) is 11.5 Å². The number of aryl methyl sites for hydroxylation is 1. The molecule has 1 aromatic carbocycles. The van der Waals surface area contributed by atoms with Crippen LogP contribution in [0.1, 0.15) is 24.3 Å². The van der Waals surface area contributed by atoms with Crippen molar-refractivity contribution >= 4 is 0 Å². The van der Waals surface area contributed by atoms with E-state index in [0.717, 1.165) is 31.5 Å². The van der Waals surface area contributed by atoms with Gasteiger partial charge in [-0.2, -0.15) is 0 Å². The van der Waals surface area contributed by atoms with Gasteiger partial charge in [0.15, 0.2) is 5.79 Å². The van der Waals surface area contributed by atoms with E-state index in [9.17, 15) is 0 Å². The maximum atomic E-state index is 5.82. The molecule has 2 aliphatic rings. The molecule has 1 spiro atoms. The molecule has 6 heteroatoms. The number of aromatic nitrogens is 2. The molecule has 6 nitrogen and oxygen atoms in total. The normalized spacial score (nSPS) is 21.1. The molecule has 122 valence electrons. The third-order valence-electron chi connectivity index (χ3n) is 4.52. The molecule has 23 heavy (non-hydrogen) atoms. The number of hydrogen-bond acceptors (Lipinski definition) is 6. The summed E-state index contributed by atoms with van der Waals surface area (Å²) in [6.45, 7) is 5.99. The highest BCUT2D eigenvalue weighted by Gasteiger charge is 2.39. The first kappa shape index (κ1) is 14.8. The number of ether oxygens (including phenoxy) is 2. The second kappa shape index (κ2) is 6.03. The molecule has 0 aliphatic carbocycles. The topological polar surface area (TPSA) is 60.6 Å². The van der Waals surface area contributed by atoms with E-state index in [1.54, 1.807) is 0 Å². The Hall–Kier alpha value is -1.76. The predicted octanol–water partition coefficient (Wildman–Crippen LogP) is 2.38. The quantitative estimate of drug-likeness (QED) is 0.867. The van der Waals surface area contributed by atoms with Crippen LogP contribution < -0.4 is 0 Å². The van der Waals surface area contributed by atoms with E-state index < -0.39 is 0 Å². The van der Waals surface area contributed by atoms with Gasteiger partial charge in [0.2, 0.25) is 11.8 Å². The molecule has 3 heterocycles. The van der Waals surface area contributed by atoms with Gasteiger partial charge in [0.05, 0.1) is 19.8 Å².